The van der Waals surface area contributed by atoms with Crippen LogP contribution < -0.4 is 0 Å². The molecule has 3 nitrogen and oxygen atoms in total. The number of nitrogens with zero attached hydrogens (tertiary/aromatic N) is 1. The summed E-state index contributed by atoms with van der Waals surface area (Å²) in [5.74, 6) is -0.183. The lowest BCUT2D eigenvalue weighted by molar-refractivity contribution is -0.140. The molecule has 0 aliphatic rings. The molecular weight excluding hydrogens is 253 g/mol. The number of halogens is 1. The third-order valence-corrected chi connectivity index (χ3v) is 3.60. The number of carbonyl (C=O) groups excluding carboxylic acids is 1. The summed E-state index contributed by atoms with van der Waals surface area (Å²) < 4.78 is 18.1. The van der Waals surface area contributed by atoms with Gasteiger partial charge < -0.3 is 4.74 Å². The number of thioether (sulfide) groups is 1. The molecule has 0 N–H and O–H groups in total. The fraction of sp³-hybridized carbons (Fsp3) is 0.385. The summed E-state index contributed by atoms with van der Waals surface area (Å²) in [4.78, 5) is 11.0. The van der Waals surface area contributed by atoms with Gasteiger partial charge in [-0.3, -0.25) is 4.79 Å². The van der Waals surface area contributed by atoms with Gasteiger partial charge in [0.15, 0.2) is 0 Å². The molecule has 0 spiro atoms. The Kier molecular flexibility index (Phi) is 5.66. The van der Waals surface area contributed by atoms with Crippen LogP contribution in [0.25, 0.3) is 0 Å². The Hall–Kier alpha value is -1.54. The molecule has 1 rings (SSSR count). The Balaban J connectivity index is 2.54. The highest BCUT2D eigenvalue weighted by molar-refractivity contribution is 7.99. The predicted molar refractivity (Wildman–Crippen MR) is 68.5 cm³/mol. The molecule has 0 bridgehead atoms. The van der Waals surface area contributed by atoms with Gasteiger partial charge in [-0.25, -0.2) is 4.39 Å². The van der Waals surface area contributed by atoms with E-state index in [9.17, 15) is 9.18 Å². The summed E-state index contributed by atoms with van der Waals surface area (Å²) in [5, 5.41) is 8.69. The van der Waals surface area contributed by atoms with E-state index >= 15 is 0 Å². The van der Waals surface area contributed by atoms with E-state index in [2.05, 4.69) is 4.74 Å². The number of carbonyl (C=O) groups is 1. The largest absolute Gasteiger partial charge is 0.469 e. The van der Waals surface area contributed by atoms with Crippen molar-refractivity contribution in [2.45, 2.75) is 24.3 Å². The Morgan fingerprint density at radius 1 is 1.61 bits per heavy atom. The van der Waals surface area contributed by atoms with Gasteiger partial charge in [-0.2, -0.15) is 17.0 Å². The van der Waals surface area contributed by atoms with Crippen molar-refractivity contribution in [1.29, 1.82) is 5.26 Å². The molecular formula is C13H14FNO2S. The zero-order valence-corrected chi connectivity index (χ0v) is 11.1. The van der Waals surface area contributed by atoms with Gasteiger partial charge in [0.2, 0.25) is 0 Å². The Morgan fingerprint density at radius 3 is 2.89 bits per heavy atom. The molecule has 5 heteroatoms. The van der Waals surface area contributed by atoms with Crippen LogP contribution in [-0.4, -0.2) is 18.3 Å². The van der Waals surface area contributed by atoms with Gasteiger partial charge in [0.05, 0.1) is 25.2 Å². The maximum Gasteiger partial charge on any atom is 0.306 e. The highest BCUT2D eigenvalue weighted by Crippen LogP contribution is 2.22. The second kappa shape index (κ2) is 7.02. The van der Waals surface area contributed by atoms with Crippen molar-refractivity contribution in [3.63, 3.8) is 0 Å². The molecule has 1 aromatic carbocycles. The molecule has 18 heavy (non-hydrogen) atoms. The van der Waals surface area contributed by atoms with Crippen molar-refractivity contribution < 1.29 is 13.9 Å². The molecule has 0 fully saturated rings. The van der Waals surface area contributed by atoms with Crippen LogP contribution in [0.3, 0.4) is 0 Å². The summed E-state index contributed by atoms with van der Waals surface area (Å²) in [6.07, 6.45) is 0.305. The molecule has 0 aromatic heterocycles. The van der Waals surface area contributed by atoms with Gasteiger partial charge in [-0.15, -0.1) is 0 Å². The number of hydrogen-bond acceptors (Lipinski definition) is 4. The van der Waals surface area contributed by atoms with Gasteiger partial charge in [-0.1, -0.05) is 13.0 Å². The van der Waals surface area contributed by atoms with Crippen molar-refractivity contribution in [3.8, 4) is 6.07 Å². The van der Waals surface area contributed by atoms with Gasteiger partial charge in [0, 0.05) is 11.0 Å². The molecule has 0 amide bonds. The van der Waals surface area contributed by atoms with Crippen LogP contribution in [0.2, 0.25) is 0 Å². The highest BCUT2D eigenvalue weighted by Gasteiger charge is 2.11. The van der Waals surface area contributed by atoms with Crippen molar-refractivity contribution in [2.24, 2.45) is 0 Å². The Bertz CT molecular complexity index is 471. The van der Waals surface area contributed by atoms with Crippen molar-refractivity contribution in [1.82, 2.24) is 0 Å². The lowest BCUT2D eigenvalue weighted by atomic mass is 10.1. The number of esters is 1. The van der Waals surface area contributed by atoms with E-state index in [1.54, 1.807) is 12.1 Å². The first-order chi connectivity index (χ1) is 8.56. The van der Waals surface area contributed by atoms with Crippen LogP contribution in [0.4, 0.5) is 4.39 Å². The van der Waals surface area contributed by atoms with Crippen LogP contribution >= 0.6 is 11.8 Å². The molecule has 1 unspecified atom stereocenters. The first-order valence-electron chi connectivity index (χ1n) is 5.43. The number of rotatable bonds is 5. The zero-order valence-electron chi connectivity index (χ0n) is 10.3. The minimum atomic E-state index is -0.383. The first-order valence-corrected chi connectivity index (χ1v) is 6.48. The van der Waals surface area contributed by atoms with E-state index in [0.717, 1.165) is 0 Å². The van der Waals surface area contributed by atoms with Crippen LogP contribution in [0, 0.1) is 17.1 Å². The van der Waals surface area contributed by atoms with Gasteiger partial charge in [-0.05, 0) is 17.7 Å². The summed E-state index contributed by atoms with van der Waals surface area (Å²) >= 11 is 1.48. The Labute approximate surface area is 110 Å². The number of methoxy groups -OCH3 is 1. The van der Waals surface area contributed by atoms with E-state index in [1.165, 1.54) is 24.9 Å². The molecule has 96 valence electrons. The average molecular weight is 267 g/mol. The van der Waals surface area contributed by atoms with E-state index in [-0.39, 0.29) is 17.0 Å². The van der Waals surface area contributed by atoms with E-state index in [4.69, 9.17) is 5.26 Å². The fourth-order valence-corrected chi connectivity index (χ4v) is 2.30. The van der Waals surface area contributed by atoms with Crippen LogP contribution in [0.5, 0.6) is 0 Å². The lowest BCUT2D eigenvalue weighted by Crippen LogP contribution is -2.08. The maximum absolute atomic E-state index is 13.6. The normalized spacial score (nSPS) is 11.7. The smallest absolute Gasteiger partial charge is 0.306 e. The third-order valence-electron chi connectivity index (χ3n) is 2.39. The standard InChI is InChI=1S/C13H14FNO2S/c1-9(5-13(16)17-2)18-8-11-4-3-10(7-15)6-12(11)14/h3-4,6,9H,5,8H2,1-2H3. The molecule has 0 radical (unpaired) electrons. The SMILES string of the molecule is COC(=O)CC(C)SCc1ccc(C#N)cc1F. The number of ether oxygens (including phenoxy) is 1. The summed E-state index contributed by atoms with van der Waals surface area (Å²) in [6, 6.07) is 6.30. The van der Waals surface area contributed by atoms with Crippen molar-refractivity contribution in [2.75, 3.05) is 7.11 Å². The molecule has 0 aliphatic carbocycles. The van der Waals surface area contributed by atoms with Gasteiger partial charge in [0.25, 0.3) is 0 Å². The summed E-state index contributed by atoms with van der Waals surface area (Å²) in [5.41, 5.74) is 0.847. The quantitative estimate of drug-likeness (QED) is 0.770. The van der Waals surface area contributed by atoms with Crippen LogP contribution in [-0.2, 0) is 15.3 Å². The van der Waals surface area contributed by atoms with E-state index in [0.29, 0.717) is 23.3 Å². The third kappa shape index (κ3) is 4.38. The second-order valence-corrected chi connectivity index (χ2v) is 5.25. The Morgan fingerprint density at radius 2 is 2.33 bits per heavy atom. The van der Waals surface area contributed by atoms with Gasteiger partial charge in [0.1, 0.15) is 5.82 Å². The second-order valence-electron chi connectivity index (χ2n) is 3.82. The fourth-order valence-electron chi connectivity index (χ4n) is 1.34. The van der Waals surface area contributed by atoms with E-state index in [1.807, 2.05) is 13.0 Å². The molecule has 0 aliphatic heterocycles. The molecule has 0 saturated heterocycles. The van der Waals surface area contributed by atoms with Crippen molar-refractivity contribution in [3.05, 3.63) is 35.1 Å². The first kappa shape index (κ1) is 14.5. The summed E-state index contributed by atoms with van der Waals surface area (Å²) in [6.45, 7) is 1.89. The van der Waals surface area contributed by atoms with Gasteiger partial charge >= 0.3 is 5.97 Å². The molecule has 1 aromatic rings. The topological polar surface area (TPSA) is 50.1 Å². The maximum atomic E-state index is 13.6. The van der Waals surface area contributed by atoms with E-state index < -0.39 is 0 Å². The molecule has 0 saturated carbocycles. The van der Waals surface area contributed by atoms with Crippen LogP contribution in [0.1, 0.15) is 24.5 Å². The minimum absolute atomic E-state index is 0.0625. The lowest BCUT2D eigenvalue weighted by Gasteiger charge is -2.10. The zero-order chi connectivity index (χ0) is 13.5. The number of nitriles is 1. The molecule has 1 atom stereocenters. The monoisotopic (exact) mass is 267 g/mol. The number of benzene rings is 1. The predicted octanol–water partition coefficient (Wildman–Crippen LogP) is 2.88. The average Bonchev–Trinajstić information content (AvgIpc) is 2.36. The van der Waals surface area contributed by atoms with Crippen molar-refractivity contribution >= 4 is 17.7 Å². The number of hydrogen-bond donors (Lipinski definition) is 0. The molecule has 0 heterocycles. The summed E-state index contributed by atoms with van der Waals surface area (Å²) in [7, 11) is 1.35. The minimum Gasteiger partial charge on any atom is -0.469 e. The van der Waals surface area contributed by atoms with Crippen LogP contribution in [0.15, 0.2) is 18.2 Å². The highest BCUT2D eigenvalue weighted by atomic mass is 32.2.